The van der Waals surface area contributed by atoms with Crippen LogP contribution < -0.4 is 5.32 Å². The maximum Gasteiger partial charge on any atom is 0.305 e. The van der Waals surface area contributed by atoms with Crippen LogP contribution in [0.25, 0.3) is 0 Å². The molecule has 0 saturated heterocycles. The molecule has 5 nitrogen and oxygen atoms in total. The van der Waals surface area contributed by atoms with Gasteiger partial charge in [-0.1, -0.05) is 42.8 Å². The third kappa shape index (κ3) is 8.60. The van der Waals surface area contributed by atoms with Gasteiger partial charge in [0.25, 0.3) is 0 Å². The van der Waals surface area contributed by atoms with Crippen molar-refractivity contribution in [2.45, 2.75) is 38.5 Å². The molecule has 3 N–H and O–H groups in total. The Balaban J connectivity index is 1.42. The predicted octanol–water partition coefficient (Wildman–Crippen LogP) is 3.58. The molecule has 0 aliphatic heterocycles. The number of rotatable bonds is 12. The molecule has 0 spiro atoms. The Hall–Kier alpha value is -2.53. The van der Waals surface area contributed by atoms with Gasteiger partial charge in [-0.25, -0.2) is 0 Å². The number of esters is 1. The lowest BCUT2D eigenvalue weighted by Crippen LogP contribution is -2.18. The van der Waals surface area contributed by atoms with Crippen LogP contribution >= 0.6 is 0 Å². The summed E-state index contributed by atoms with van der Waals surface area (Å²) in [4.78, 5) is 11.7. The second-order valence-corrected chi connectivity index (χ2v) is 6.59. The van der Waals surface area contributed by atoms with Crippen molar-refractivity contribution in [2.24, 2.45) is 0 Å². The van der Waals surface area contributed by atoms with Crippen LogP contribution in [-0.2, 0) is 22.4 Å². The van der Waals surface area contributed by atoms with Crippen LogP contribution in [0.2, 0.25) is 0 Å². The molecule has 0 saturated carbocycles. The first-order valence-corrected chi connectivity index (χ1v) is 9.56. The van der Waals surface area contributed by atoms with Gasteiger partial charge in [-0.2, -0.15) is 0 Å². The lowest BCUT2D eigenvalue weighted by atomic mass is 10.1. The summed E-state index contributed by atoms with van der Waals surface area (Å²) >= 11 is 0. The largest absolute Gasteiger partial charge is 0.504 e. The number of nitrogens with one attached hydrogen (secondary N) is 1. The first-order valence-electron chi connectivity index (χ1n) is 9.56. The van der Waals surface area contributed by atoms with Crippen molar-refractivity contribution in [3.63, 3.8) is 0 Å². The molecule has 146 valence electrons. The number of hydrogen-bond donors (Lipinski definition) is 3. The summed E-state index contributed by atoms with van der Waals surface area (Å²) in [7, 11) is 0. The van der Waals surface area contributed by atoms with Gasteiger partial charge in [0.2, 0.25) is 0 Å². The summed E-state index contributed by atoms with van der Waals surface area (Å²) < 4.78 is 5.27. The van der Waals surface area contributed by atoms with E-state index in [0.717, 1.165) is 50.8 Å². The summed E-state index contributed by atoms with van der Waals surface area (Å²) in [5, 5.41) is 22.1. The smallest absolute Gasteiger partial charge is 0.305 e. The van der Waals surface area contributed by atoms with E-state index in [9.17, 15) is 15.0 Å². The molecule has 27 heavy (non-hydrogen) atoms. The third-order valence-corrected chi connectivity index (χ3v) is 4.36. The number of phenolic OH excluding ortho intramolecular Hbond substituents is 2. The minimum atomic E-state index is -0.119. The van der Waals surface area contributed by atoms with E-state index >= 15 is 0 Å². The number of ether oxygens (including phenoxy) is 1. The monoisotopic (exact) mass is 371 g/mol. The van der Waals surface area contributed by atoms with Gasteiger partial charge in [0.1, 0.15) is 0 Å². The van der Waals surface area contributed by atoms with Crippen LogP contribution in [-0.4, -0.2) is 35.9 Å². The predicted molar refractivity (Wildman–Crippen MR) is 106 cm³/mol. The van der Waals surface area contributed by atoms with Crippen molar-refractivity contribution >= 4 is 5.97 Å². The third-order valence-electron chi connectivity index (χ3n) is 4.36. The van der Waals surface area contributed by atoms with E-state index in [2.05, 4.69) is 5.32 Å². The van der Waals surface area contributed by atoms with Crippen LogP contribution in [0.1, 0.15) is 36.8 Å². The fourth-order valence-corrected chi connectivity index (χ4v) is 2.78. The van der Waals surface area contributed by atoms with Crippen LogP contribution in [0.3, 0.4) is 0 Å². The summed E-state index contributed by atoms with van der Waals surface area (Å²) in [6, 6.07) is 14.9. The summed E-state index contributed by atoms with van der Waals surface area (Å²) in [6.07, 6.45) is 4.87. The fraction of sp³-hybridized carbons (Fsp3) is 0.409. The standard InChI is InChI=1S/C22H29NO4/c24-20-11-10-19(17-21(20)25)12-15-23-14-6-2-5-9-22(26)27-16-13-18-7-3-1-4-8-18/h1,3-4,7-8,10-11,17,23-25H,2,5-6,9,12-16H2. The lowest BCUT2D eigenvalue weighted by Gasteiger charge is -2.07. The number of phenols is 2. The highest BCUT2D eigenvalue weighted by Crippen LogP contribution is 2.24. The van der Waals surface area contributed by atoms with Gasteiger partial charge in [0, 0.05) is 12.8 Å². The first kappa shape index (κ1) is 20.8. The lowest BCUT2D eigenvalue weighted by molar-refractivity contribution is -0.143. The van der Waals surface area contributed by atoms with Gasteiger partial charge in [-0.15, -0.1) is 0 Å². The fourth-order valence-electron chi connectivity index (χ4n) is 2.78. The second kappa shape index (κ2) is 12.0. The molecule has 2 rings (SSSR count). The zero-order valence-corrected chi connectivity index (χ0v) is 15.7. The Bertz CT molecular complexity index is 688. The molecule has 0 amide bonds. The second-order valence-electron chi connectivity index (χ2n) is 6.59. The summed E-state index contributed by atoms with van der Waals surface area (Å²) in [5.74, 6) is -0.292. The van der Waals surface area contributed by atoms with Crippen LogP contribution in [0, 0.1) is 0 Å². The minimum absolute atomic E-state index is 0.0804. The van der Waals surface area contributed by atoms with E-state index in [4.69, 9.17) is 4.74 Å². The van der Waals surface area contributed by atoms with Crippen molar-refractivity contribution in [3.8, 4) is 11.5 Å². The highest BCUT2D eigenvalue weighted by molar-refractivity contribution is 5.69. The highest BCUT2D eigenvalue weighted by Gasteiger charge is 2.03. The topological polar surface area (TPSA) is 78.8 Å². The zero-order valence-electron chi connectivity index (χ0n) is 15.7. The van der Waals surface area contributed by atoms with Gasteiger partial charge in [-0.05, 0) is 55.6 Å². The summed E-state index contributed by atoms with van der Waals surface area (Å²) in [5.41, 5.74) is 2.16. The Labute approximate surface area is 161 Å². The zero-order chi connectivity index (χ0) is 19.3. The molecule has 0 bridgehead atoms. The Morgan fingerprint density at radius 2 is 1.67 bits per heavy atom. The minimum Gasteiger partial charge on any atom is -0.504 e. The number of aromatic hydroxyl groups is 2. The summed E-state index contributed by atoms with van der Waals surface area (Å²) in [6.45, 7) is 2.15. The van der Waals surface area contributed by atoms with Crippen molar-refractivity contribution < 1.29 is 19.7 Å². The van der Waals surface area contributed by atoms with Gasteiger partial charge >= 0.3 is 5.97 Å². The molecule has 0 aliphatic rings. The quantitative estimate of drug-likeness (QED) is 0.302. The molecule has 0 radical (unpaired) electrons. The van der Waals surface area contributed by atoms with Crippen LogP contribution in [0.5, 0.6) is 11.5 Å². The number of carbonyl (C=O) groups is 1. The molecule has 2 aromatic carbocycles. The van der Waals surface area contributed by atoms with Crippen molar-refractivity contribution in [3.05, 3.63) is 59.7 Å². The maximum atomic E-state index is 11.7. The first-order chi connectivity index (χ1) is 13.1. The SMILES string of the molecule is O=C(CCCCCNCCc1ccc(O)c(O)c1)OCCc1ccccc1. The Morgan fingerprint density at radius 3 is 2.44 bits per heavy atom. The average Bonchev–Trinajstić information content (AvgIpc) is 2.67. The van der Waals surface area contributed by atoms with E-state index in [1.165, 1.54) is 11.6 Å². The van der Waals surface area contributed by atoms with E-state index < -0.39 is 0 Å². The number of hydrogen-bond acceptors (Lipinski definition) is 5. The molecule has 0 aromatic heterocycles. The Morgan fingerprint density at radius 1 is 0.852 bits per heavy atom. The molecular formula is C22H29NO4. The van der Waals surface area contributed by atoms with Gasteiger partial charge in [0.15, 0.2) is 11.5 Å². The van der Waals surface area contributed by atoms with Crippen molar-refractivity contribution in [1.82, 2.24) is 5.32 Å². The van der Waals surface area contributed by atoms with Crippen molar-refractivity contribution in [2.75, 3.05) is 19.7 Å². The molecule has 0 unspecified atom stereocenters. The van der Waals surface area contributed by atoms with Gasteiger partial charge in [0.05, 0.1) is 6.61 Å². The maximum absolute atomic E-state index is 11.7. The van der Waals surface area contributed by atoms with E-state index in [0.29, 0.717) is 13.0 Å². The molecule has 0 atom stereocenters. The van der Waals surface area contributed by atoms with E-state index in [1.807, 2.05) is 30.3 Å². The molecule has 2 aromatic rings. The molecule has 0 heterocycles. The van der Waals surface area contributed by atoms with Crippen LogP contribution in [0.15, 0.2) is 48.5 Å². The molecule has 0 fully saturated rings. The number of benzene rings is 2. The molecule has 0 aliphatic carbocycles. The van der Waals surface area contributed by atoms with E-state index in [1.54, 1.807) is 12.1 Å². The highest BCUT2D eigenvalue weighted by atomic mass is 16.5. The van der Waals surface area contributed by atoms with E-state index in [-0.39, 0.29) is 17.5 Å². The van der Waals surface area contributed by atoms with Crippen LogP contribution in [0.4, 0.5) is 0 Å². The Kier molecular flexibility index (Phi) is 9.21. The van der Waals surface area contributed by atoms with Gasteiger partial charge < -0.3 is 20.3 Å². The van der Waals surface area contributed by atoms with Crippen molar-refractivity contribution in [1.29, 1.82) is 0 Å². The molecular weight excluding hydrogens is 342 g/mol. The average molecular weight is 371 g/mol. The number of unbranched alkanes of at least 4 members (excludes halogenated alkanes) is 2. The number of carbonyl (C=O) groups excluding carboxylic acids is 1. The normalized spacial score (nSPS) is 10.7. The molecule has 5 heteroatoms. The van der Waals surface area contributed by atoms with Gasteiger partial charge in [-0.3, -0.25) is 4.79 Å².